The van der Waals surface area contributed by atoms with Crippen molar-refractivity contribution >= 4 is 34.6 Å². The molecule has 0 aromatic heterocycles. The van der Waals surface area contributed by atoms with E-state index >= 15 is 0 Å². The molecule has 4 rings (SSSR count). The van der Waals surface area contributed by atoms with E-state index in [1.165, 1.54) is 12.1 Å². The molecule has 1 aliphatic heterocycles. The van der Waals surface area contributed by atoms with Gasteiger partial charge in [0.05, 0.1) is 17.9 Å². The van der Waals surface area contributed by atoms with E-state index in [4.69, 9.17) is 11.6 Å². The van der Waals surface area contributed by atoms with E-state index in [-0.39, 0.29) is 11.7 Å². The molecule has 26 heavy (non-hydrogen) atoms. The second kappa shape index (κ2) is 6.73. The van der Waals surface area contributed by atoms with Crippen molar-refractivity contribution in [2.75, 3.05) is 4.90 Å². The van der Waals surface area contributed by atoms with Crippen molar-refractivity contribution in [3.63, 3.8) is 0 Å². The zero-order valence-electron chi connectivity index (χ0n) is 13.7. The highest BCUT2D eigenvalue weighted by molar-refractivity contribution is 6.54. The summed E-state index contributed by atoms with van der Waals surface area (Å²) in [5, 5.41) is 0.613. The second-order valence-electron chi connectivity index (χ2n) is 5.94. The summed E-state index contributed by atoms with van der Waals surface area (Å²) in [6.07, 6.45) is 0. The maximum absolute atomic E-state index is 13.1. The molecule has 0 radical (unpaired) electrons. The highest BCUT2D eigenvalue weighted by atomic mass is 35.5. The van der Waals surface area contributed by atoms with Crippen LogP contribution in [0.25, 0.3) is 0 Å². The van der Waals surface area contributed by atoms with Crippen LogP contribution in [0.3, 0.4) is 0 Å². The van der Waals surface area contributed by atoms with Gasteiger partial charge in [0.1, 0.15) is 11.5 Å². The number of anilines is 1. The maximum Gasteiger partial charge on any atom is 0.277 e. The molecule has 0 saturated carbocycles. The molecule has 5 heteroatoms. The Labute approximate surface area is 155 Å². The lowest BCUT2D eigenvalue weighted by molar-refractivity contribution is -0.112. The van der Waals surface area contributed by atoms with Crippen molar-refractivity contribution < 1.29 is 9.18 Å². The van der Waals surface area contributed by atoms with Crippen molar-refractivity contribution in [2.45, 2.75) is 6.54 Å². The Balaban J connectivity index is 1.75. The first kappa shape index (κ1) is 16.5. The first-order chi connectivity index (χ1) is 12.6. The Hall–Kier alpha value is -2.98. The summed E-state index contributed by atoms with van der Waals surface area (Å²) in [6.45, 7) is 0.359. The van der Waals surface area contributed by atoms with Gasteiger partial charge in [-0.3, -0.25) is 4.79 Å². The summed E-state index contributed by atoms with van der Waals surface area (Å²) in [7, 11) is 0. The molecular formula is C21H14ClFN2O. The summed E-state index contributed by atoms with van der Waals surface area (Å²) in [5.41, 5.74) is 3.29. The third-order valence-electron chi connectivity index (χ3n) is 4.25. The van der Waals surface area contributed by atoms with Crippen molar-refractivity contribution in [2.24, 2.45) is 4.99 Å². The number of carbonyl (C=O) groups excluding carboxylic acids is 1. The molecular weight excluding hydrogens is 351 g/mol. The maximum atomic E-state index is 13.1. The fourth-order valence-corrected chi connectivity index (χ4v) is 3.16. The Kier molecular flexibility index (Phi) is 4.27. The highest BCUT2D eigenvalue weighted by Gasteiger charge is 2.33. The fraction of sp³-hybridized carbons (Fsp3) is 0.0476. The van der Waals surface area contributed by atoms with E-state index in [2.05, 4.69) is 4.99 Å². The van der Waals surface area contributed by atoms with Crippen LogP contribution in [0, 0.1) is 5.82 Å². The van der Waals surface area contributed by atoms with E-state index in [1.54, 1.807) is 23.1 Å². The summed E-state index contributed by atoms with van der Waals surface area (Å²) < 4.78 is 13.1. The molecule has 0 unspecified atom stereocenters. The molecule has 0 spiro atoms. The van der Waals surface area contributed by atoms with Crippen molar-refractivity contribution in [3.8, 4) is 0 Å². The van der Waals surface area contributed by atoms with Gasteiger partial charge in [-0.15, -0.1) is 0 Å². The minimum atomic E-state index is -0.340. The number of nitrogens with zero attached hydrogens (tertiary/aromatic N) is 2. The van der Waals surface area contributed by atoms with Crippen LogP contribution >= 0.6 is 11.6 Å². The van der Waals surface area contributed by atoms with Gasteiger partial charge < -0.3 is 4.90 Å². The van der Waals surface area contributed by atoms with Crippen LogP contribution in [-0.4, -0.2) is 11.6 Å². The average Bonchev–Trinajstić information content (AvgIpc) is 2.91. The second-order valence-corrected chi connectivity index (χ2v) is 6.34. The Morgan fingerprint density at radius 1 is 0.923 bits per heavy atom. The molecule has 3 aromatic rings. The molecule has 0 saturated heterocycles. The number of hydrogen-bond acceptors (Lipinski definition) is 2. The van der Waals surface area contributed by atoms with E-state index in [9.17, 15) is 9.18 Å². The highest BCUT2D eigenvalue weighted by Crippen LogP contribution is 2.33. The smallest absolute Gasteiger partial charge is 0.277 e. The number of fused-ring (bicyclic) bond motifs is 1. The molecule has 0 aliphatic carbocycles. The third-order valence-corrected chi connectivity index (χ3v) is 4.62. The number of amides is 1. The molecule has 0 atom stereocenters. The van der Waals surface area contributed by atoms with Gasteiger partial charge in [-0.25, -0.2) is 9.38 Å². The first-order valence-corrected chi connectivity index (χ1v) is 8.50. The standard InChI is InChI=1S/C21H14ClFN2O/c22-18-7-3-1-5-14(18)13-25-19-8-4-2-6-17(19)20(21(25)26)24-16-11-9-15(23)10-12-16/h1-12H,13H2. The van der Waals surface area contributed by atoms with Crippen LogP contribution in [0.2, 0.25) is 5.02 Å². The third kappa shape index (κ3) is 3.00. The SMILES string of the molecule is O=C1C(=Nc2ccc(F)cc2)c2ccccc2N1Cc1ccccc1Cl. The summed E-state index contributed by atoms with van der Waals surface area (Å²) in [5.74, 6) is -0.539. The van der Waals surface area contributed by atoms with Crippen LogP contribution in [-0.2, 0) is 11.3 Å². The predicted molar refractivity (Wildman–Crippen MR) is 102 cm³/mol. The van der Waals surface area contributed by atoms with Gasteiger partial charge in [0.15, 0.2) is 0 Å². The first-order valence-electron chi connectivity index (χ1n) is 8.12. The number of carbonyl (C=O) groups is 1. The quantitative estimate of drug-likeness (QED) is 0.632. The van der Waals surface area contributed by atoms with Gasteiger partial charge in [0, 0.05) is 10.6 Å². The number of aliphatic imine (C=N–C) groups is 1. The minimum absolute atomic E-state index is 0.199. The van der Waals surface area contributed by atoms with Gasteiger partial charge in [0.2, 0.25) is 0 Å². The van der Waals surface area contributed by atoms with Gasteiger partial charge >= 0.3 is 0 Å². The fourth-order valence-electron chi connectivity index (χ4n) is 2.97. The normalized spacial score (nSPS) is 14.8. The minimum Gasteiger partial charge on any atom is -0.302 e. The Morgan fingerprint density at radius 3 is 2.38 bits per heavy atom. The number of para-hydroxylation sites is 1. The number of halogens is 2. The lowest BCUT2D eigenvalue weighted by Gasteiger charge is -2.17. The molecule has 1 aliphatic rings. The van der Waals surface area contributed by atoms with Crippen LogP contribution in [0.1, 0.15) is 11.1 Å². The van der Waals surface area contributed by atoms with Gasteiger partial charge in [-0.2, -0.15) is 0 Å². The Bertz CT molecular complexity index is 1010. The molecule has 0 bridgehead atoms. The van der Waals surface area contributed by atoms with Crippen molar-refractivity contribution in [1.29, 1.82) is 0 Å². The Morgan fingerprint density at radius 2 is 1.62 bits per heavy atom. The molecule has 128 valence electrons. The molecule has 3 aromatic carbocycles. The zero-order valence-corrected chi connectivity index (χ0v) is 14.4. The lowest BCUT2D eigenvalue weighted by atomic mass is 10.1. The van der Waals surface area contributed by atoms with Gasteiger partial charge in [0.25, 0.3) is 5.91 Å². The topological polar surface area (TPSA) is 32.7 Å². The molecule has 1 amide bonds. The van der Waals surface area contributed by atoms with E-state index in [0.29, 0.717) is 23.0 Å². The average molecular weight is 365 g/mol. The van der Waals surface area contributed by atoms with E-state index in [1.807, 2.05) is 42.5 Å². The number of benzene rings is 3. The van der Waals surface area contributed by atoms with Crippen LogP contribution < -0.4 is 4.90 Å². The molecule has 1 heterocycles. The van der Waals surface area contributed by atoms with E-state index < -0.39 is 0 Å². The van der Waals surface area contributed by atoms with E-state index in [0.717, 1.165) is 16.8 Å². The molecule has 0 fully saturated rings. The van der Waals surface area contributed by atoms with Crippen molar-refractivity contribution in [3.05, 3.63) is 94.8 Å². The predicted octanol–water partition coefficient (Wildman–Crippen LogP) is 5.15. The zero-order chi connectivity index (χ0) is 18.1. The van der Waals surface area contributed by atoms with Gasteiger partial charge in [-0.05, 0) is 42.0 Å². The largest absolute Gasteiger partial charge is 0.302 e. The summed E-state index contributed by atoms with van der Waals surface area (Å²) in [4.78, 5) is 19.2. The summed E-state index contributed by atoms with van der Waals surface area (Å²) in [6, 6.07) is 20.7. The van der Waals surface area contributed by atoms with Crippen LogP contribution in [0.15, 0.2) is 77.8 Å². The van der Waals surface area contributed by atoms with Gasteiger partial charge in [-0.1, -0.05) is 48.0 Å². The monoisotopic (exact) mass is 364 g/mol. The van der Waals surface area contributed by atoms with Crippen LogP contribution in [0.5, 0.6) is 0 Å². The number of rotatable bonds is 3. The molecule has 3 nitrogen and oxygen atoms in total. The van der Waals surface area contributed by atoms with Crippen molar-refractivity contribution in [1.82, 2.24) is 0 Å². The number of hydrogen-bond donors (Lipinski definition) is 0. The summed E-state index contributed by atoms with van der Waals surface area (Å²) >= 11 is 6.25. The lowest BCUT2D eigenvalue weighted by Crippen LogP contribution is -2.29. The van der Waals surface area contributed by atoms with Crippen LogP contribution in [0.4, 0.5) is 15.8 Å². The molecule has 0 N–H and O–H groups in total.